The van der Waals surface area contributed by atoms with Gasteiger partial charge in [-0.25, -0.2) is 0 Å². The molecule has 1 aromatic rings. The molecule has 136 valence electrons. The Hall–Kier alpha value is -1.67. The van der Waals surface area contributed by atoms with E-state index in [0.717, 1.165) is 57.6 Å². The second kappa shape index (κ2) is 9.58. The molecule has 2 unspecified atom stereocenters. The molecular weight excluding hydrogens is 306 g/mol. The summed E-state index contributed by atoms with van der Waals surface area (Å²) in [5, 5.41) is 14.8. The molecule has 0 aromatic carbocycles. The van der Waals surface area contributed by atoms with Gasteiger partial charge in [0.25, 0.3) is 0 Å². The van der Waals surface area contributed by atoms with Gasteiger partial charge in [0.05, 0.1) is 13.2 Å². The summed E-state index contributed by atoms with van der Waals surface area (Å²) in [4.78, 5) is 6.78. The van der Waals surface area contributed by atoms with Gasteiger partial charge in [-0.1, -0.05) is 6.92 Å². The van der Waals surface area contributed by atoms with Crippen molar-refractivity contribution in [2.75, 3.05) is 39.9 Å². The van der Waals surface area contributed by atoms with E-state index in [4.69, 9.17) is 4.74 Å². The maximum atomic E-state index is 5.51. The molecule has 8 nitrogen and oxygen atoms in total. The summed E-state index contributed by atoms with van der Waals surface area (Å²) >= 11 is 0. The Bertz CT molecular complexity index is 516. The molecule has 0 amide bonds. The number of aromatic nitrogens is 3. The van der Waals surface area contributed by atoms with Crippen molar-refractivity contribution < 1.29 is 4.74 Å². The number of ether oxygens (including phenoxy) is 1. The molecular formula is C16H31N7O. The van der Waals surface area contributed by atoms with Crippen LogP contribution in [0.4, 0.5) is 0 Å². The Morgan fingerprint density at radius 3 is 3.04 bits per heavy atom. The first-order valence-corrected chi connectivity index (χ1v) is 8.80. The van der Waals surface area contributed by atoms with Crippen LogP contribution < -0.4 is 10.6 Å². The highest BCUT2D eigenvalue weighted by atomic mass is 16.5. The summed E-state index contributed by atoms with van der Waals surface area (Å²) in [6.45, 7) is 11.6. The molecule has 2 rings (SSSR count). The molecule has 2 N–H and O–H groups in total. The third-order valence-electron chi connectivity index (χ3n) is 4.43. The molecule has 0 bridgehead atoms. The minimum absolute atomic E-state index is 0.437. The van der Waals surface area contributed by atoms with E-state index in [1.165, 1.54) is 0 Å². The lowest BCUT2D eigenvalue weighted by molar-refractivity contribution is -0.0174. The minimum atomic E-state index is 0.437. The predicted octanol–water partition coefficient (Wildman–Crippen LogP) is 0.115. The van der Waals surface area contributed by atoms with Gasteiger partial charge in [-0.3, -0.25) is 9.89 Å². The molecule has 0 radical (unpaired) electrons. The van der Waals surface area contributed by atoms with Gasteiger partial charge in [0.15, 0.2) is 5.96 Å². The fourth-order valence-corrected chi connectivity index (χ4v) is 3.01. The van der Waals surface area contributed by atoms with Gasteiger partial charge in [-0.15, -0.1) is 10.2 Å². The van der Waals surface area contributed by atoms with Crippen LogP contribution in [0.2, 0.25) is 0 Å². The molecule has 1 aliphatic rings. The lowest BCUT2D eigenvalue weighted by Gasteiger charge is -2.38. The van der Waals surface area contributed by atoms with Gasteiger partial charge >= 0.3 is 0 Å². The number of aryl methyl sites for hydroxylation is 1. The number of hydrogen-bond donors (Lipinski definition) is 2. The lowest BCUT2D eigenvalue weighted by atomic mass is 10.2. The Labute approximate surface area is 144 Å². The summed E-state index contributed by atoms with van der Waals surface area (Å²) < 4.78 is 7.57. The molecule has 24 heavy (non-hydrogen) atoms. The average molecular weight is 337 g/mol. The fraction of sp³-hybridized carbons (Fsp3) is 0.812. The maximum Gasteiger partial charge on any atom is 0.191 e. The standard InChI is InChI=1S/C16H31N7O/c1-5-15-21-20-12-22(15)7-6-18-16(17-4)19-10-13(2)23-8-9-24-11-14(23)3/h12-14H,5-11H2,1-4H3,(H2,17,18,19). The number of guanidine groups is 1. The van der Waals surface area contributed by atoms with E-state index in [1.807, 2.05) is 0 Å². The predicted molar refractivity (Wildman–Crippen MR) is 95.2 cm³/mol. The van der Waals surface area contributed by atoms with Crippen LogP contribution in [-0.2, 0) is 17.7 Å². The van der Waals surface area contributed by atoms with Crippen molar-refractivity contribution in [3.63, 3.8) is 0 Å². The summed E-state index contributed by atoms with van der Waals surface area (Å²) in [5.41, 5.74) is 0. The van der Waals surface area contributed by atoms with Crippen molar-refractivity contribution >= 4 is 5.96 Å². The first-order valence-electron chi connectivity index (χ1n) is 8.80. The van der Waals surface area contributed by atoms with E-state index in [9.17, 15) is 0 Å². The highest BCUT2D eigenvalue weighted by Gasteiger charge is 2.23. The first-order chi connectivity index (χ1) is 11.7. The molecule has 2 atom stereocenters. The SMILES string of the molecule is CCc1nncn1CCNC(=NC)NCC(C)N1CCOCC1C. The highest BCUT2D eigenvalue weighted by molar-refractivity contribution is 5.79. The van der Waals surface area contributed by atoms with Gasteiger partial charge in [-0.05, 0) is 13.8 Å². The smallest absolute Gasteiger partial charge is 0.191 e. The largest absolute Gasteiger partial charge is 0.379 e. The molecule has 1 aromatic heterocycles. The summed E-state index contributed by atoms with van der Waals surface area (Å²) in [5.74, 6) is 1.84. The second-order valence-electron chi connectivity index (χ2n) is 6.18. The number of hydrogen-bond acceptors (Lipinski definition) is 5. The Morgan fingerprint density at radius 1 is 1.50 bits per heavy atom. The van der Waals surface area contributed by atoms with Gasteiger partial charge in [-0.2, -0.15) is 0 Å². The van der Waals surface area contributed by atoms with Crippen molar-refractivity contribution in [1.29, 1.82) is 0 Å². The van der Waals surface area contributed by atoms with Crippen molar-refractivity contribution in [2.45, 2.75) is 45.8 Å². The Balaban J connectivity index is 1.72. The molecule has 0 spiro atoms. The molecule has 1 fully saturated rings. The summed E-state index contributed by atoms with van der Waals surface area (Å²) in [7, 11) is 1.80. The zero-order chi connectivity index (χ0) is 17.4. The highest BCUT2D eigenvalue weighted by Crippen LogP contribution is 2.09. The molecule has 8 heteroatoms. The zero-order valence-corrected chi connectivity index (χ0v) is 15.3. The van der Waals surface area contributed by atoms with Crippen LogP contribution in [0.25, 0.3) is 0 Å². The van der Waals surface area contributed by atoms with Crippen LogP contribution in [0, 0.1) is 0 Å². The maximum absolute atomic E-state index is 5.51. The molecule has 0 aliphatic carbocycles. The summed E-state index contributed by atoms with van der Waals surface area (Å²) in [6.07, 6.45) is 2.67. The van der Waals surface area contributed by atoms with Crippen LogP contribution in [0.1, 0.15) is 26.6 Å². The third-order valence-corrected chi connectivity index (χ3v) is 4.43. The number of nitrogens with zero attached hydrogens (tertiary/aromatic N) is 5. The molecule has 2 heterocycles. The van der Waals surface area contributed by atoms with Crippen LogP contribution in [0.5, 0.6) is 0 Å². The van der Waals surface area contributed by atoms with Gasteiger partial charge in [0, 0.05) is 51.7 Å². The van der Waals surface area contributed by atoms with Gasteiger partial charge < -0.3 is 19.9 Å². The molecule has 1 saturated heterocycles. The average Bonchev–Trinajstić information content (AvgIpc) is 3.05. The topological polar surface area (TPSA) is 79.6 Å². The van der Waals surface area contributed by atoms with Crippen LogP contribution in [0.3, 0.4) is 0 Å². The van der Waals surface area contributed by atoms with Gasteiger partial charge in [0.1, 0.15) is 12.2 Å². The van der Waals surface area contributed by atoms with Crippen LogP contribution in [0.15, 0.2) is 11.3 Å². The van der Waals surface area contributed by atoms with Crippen molar-refractivity contribution in [2.24, 2.45) is 4.99 Å². The van der Waals surface area contributed by atoms with E-state index in [-0.39, 0.29) is 0 Å². The zero-order valence-electron chi connectivity index (χ0n) is 15.3. The fourth-order valence-electron chi connectivity index (χ4n) is 3.01. The van der Waals surface area contributed by atoms with Crippen molar-refractivity contribution in [3.05, 3.63) is 12.2 Å². The van der Waals surface area contributed by atoms with Crippen LogP contribution >= 0.6 is 0 Å². The quantitative estimate of drug-likeness (QED) is 0.543. The monoisotopic (exact) mass is 337 g/mol. The van der Waals surface area contributed by atoms with E-state index in [0.29, 0.717) is 12.1 Å². The number of rotatable bonds is 7. The Kier molecular flexibility index (Phi) is 7.45. The van der Waals surface area contributed by atoms with E-state index in [1.54, 1.807) is 13.4 Å². The normalized spacial score (nSPS) is 20.8. The number of morpholine rings is 1. The lowest BCUT2D eigenvalue weighted by Crippen LogP contribution is -2.53. The van der Waals surface area contributed by atoms with E-state index >= 15 is 0 Å². The minimum Gasteiger partial charge on any atom is -0.379 e. The van der Waals surface area contributed by atoms with E-state index < -0.39 is 0 Å². The van der Waals surface area contributed by atoms with E-state index in [2.05, 4.69) is 56.1 Å². The van der Waals surface area contributed by atoms with Crippen LogP contribution in [-0.4, -0.2) is 77.6 Å². The first kappa shape index (κ1) is 18.7. The number of nitrogens with one attached hydrogen (secondary N) is 2. The molecule has 0 saturated carbocycles. The molecule has 1 aliphatic heterocycles. The second-order valence-corrected chi connectivity index (χ2v) is 6.18. The van der Waals surface area contributed by atoms with Gasteiger partial charge in [0.2, 0.25) is 0 Å². The Morgan fingerprint density at radius 2 is 2.33 bits per heavy atom. The summed E-state index contributed by atoms with van der Waals surface area (Å²) in [6, 6.07) is 0.902. The third kappa shape index (κ3) is 5.17. The van der Waals surface area contributed by atoms with Crippen molar-refractivity contribution in [3.8, 4) is 0 Å². The number of aliphatic imine (C=N–C) groups is 1. The van der Waals surface area contributed by atoms with Crippen molar-refractivity contribution in [1.82, 2.24) is 30.3 Å².